The summed E-state index contributed by atoms with van der Waals surface area (Å²) in [6.45, 7) is 7.10. The van der Waals surface area contributed by atoms with E-state index >= 15 is 0 Å². The van der Waals surface area contributed by atoms with Crippen LogP contribution in [0, 0.1) is 6.92 Å². The summed E-state index contributed by atoms with van der Waals surface area (Å²) in [7, 11) is 0. The number of hydrogen-bond acceptors (Lipinski definition) is 1. The maximum absolute atomic E-state index is 2.64. The van der Waals surface area contributed by atoms with Crippen molar-refractivity contribution in [2.45, 2.75) is 39.2 Å². The highest BCUT2D eigenvalue weighted by Crippen LogP contribution is 2.29. The van der Waals surface area contributed by atoms with Gasteiger partial charge >= 0.3 is 0 Å². The van der Waals surface area contributed by atoms with Gasteiger partial charge in [-0.2, -0.15) is 0 Å². The van der Waals surface area contributed by atoms with Gasteiger partial charge in [0.25, 0.3) is 0 Å². The van der Waals surface area contributed by atoms with Crippen molar-refractivity contribution in [3.05, 3.63) is 35.4 Å². The Hall–Kier alpha value is -0.820. The third-order valence-electron chi connectivity index (χ3n) is 3.52. The largest absolute Gasteiger partial charge is 0.296 e. The lowest BCUT2D eigenvalue weighted by Gasteiger charge is -2.28. The maximum Gasteiger partial charge on any atom is 0.0348 e. The van der Waals surface area contributed by atoms with Gasteiger partial charge in [-0.25, -0.2) is 0 Å². The van der Waals surface area contributed by atoms with Crippen LogP contribution in [0.5, 0.6) is 0 Å². The fourth-order valence-electron chi connectivity index (χ4n) is 2.69. The van der Waals surface area contributed by atoms with Crippen molar-refractivity contribution in [1.82, 2.24) is 4.90 Å². The molecule has 0 N–H and O–H groups in total. The molecule has 0 aliphatic carbocycles. The van der Waals surface area contributed by atoms with E-state index in [-0.39, 0.29) is 0 Å². The molecule has 0 aromatic heterocycles. The molecule has 0 radical (unpaired) electrons. The fraction of sp³-hybridized carbons (Fsp3) is 0.571. The molecule has 0 saturated carbocycles. The Kier molecular flexibility index (Phi) is 3.42. The van der Waals surface area contributed by atoms with Crippen molar-refractivity contribution in [2.24, 2.45) is 0 Å². The van der Waals surface area contributed by atoms with E-state index in [0.717, 1.165) is 0 Å². The lowest BCUT2D eigenvalue weighted by atomic mass is 9.98. The van der Waals surface area contributed by atoms with Crippen molar-refractivity contribution in [1.29, 1.82) is 0 Å². The minimum Gasteiger partial charge on any atom is -0.296 e. The van der Waals surface area contributed by atoms with Crippen molar-refractivity contribution in [3.63, 3.8) is 0 Å². The first kappa shape index (κ1) is 10.7. The van der Waals surface area contributed by atoms with Gasteiger partial charge < -0.3 is 0 Å². The lowest BCUT2D eigenvalue weighted by molar-refractivity contribution is 0.239. The number of aryl methyl sites for hydroxylation is 1. The van der Waals surface area contributed by atoms with Crippen LogP contribution in [0.3, 0.4) is 0 Å². The van der Waals surface area contributed by atoms with E-state index in [1.165, 1.54) is 43.5 Å². The molecule has 15 heavy (non-hydrogen) atoms. The van der Waals surface area contributed by atoms with Gasteiger partial charge in [-0.3, -0.25) is 4.90 Å². The first-order valence-electron chi connectivity index (χ1n) is 6.12. The van der Waals surface area contributed by atoms with Crippen molar-refractivity contribution in [3.8, 4) is 0 Å². The highest BCUT2D eigenvalue weighted by atomic mass is 15.2. The molecule has 1 nitrogen and oxygen atoms in total. The Morgan fingerprint density at radius 2 is 1.87 bits per heavy atom. The summed E-state index contributed by atoms with van der Waals surface area (Å²) < 4.78 is 0. The van der Waals surface area contributed by atoms with E-state index in [2.05, 4.69) is 43.0 Å². The SMILES string of the molecule is CCC(c1ccccc1C)N1CCCC1. The predicted molar refractivity (Wildman–Crippen MR) is 65.0 cm³/mol. The molecular weight excluding hydrogens is 182 g/mol. The van der Waals surface area contributed by atoms with E-state index in [1.54, 1.807) is 0 Å². The summed E-state index contributed by atoms with van der Waals surface area (Å²) in [6, 6.07) is 9.47. The zero-order valence-electron chi connectivity index (χ0n) is 9.87. The van der Waals surface area contributed by atoms with E-state index in [0.29, 0.717) is 6.04 Å². The summed E-state index contributed by atoms with van der Waals surface area (Å²) in [6.07, 6.45) is 3.98. The summed E-state index contributed by atoms with van der Waals surface area (Å²) in [5, 5.41) is 0. The monoisotopic (exact) mass is 203 g/mol. The van der Waals surface area contributed by atoms with Crippen molar-refractivity contribution >= 4 is 0 Å². The van der Waals surface area contributed by atoms with Gasteiger partial charge in [0.1, 0.15) is 0 Å². The molecule has 1 fully saturated rings. The first-order valence-corrected chi connectivity index (χ1v) is 6.12. The van der Waals surface area contributed by atoms with Crippen LogP contribution in [0.2, 0.25) is 0 Å². The number of hydrogen-bond donors (Lipinski definition) is 0. The molecule has 2 rings (SSSR count). The molecule has 1 unspecified atom stereocenters. The molecular formula is C14H21N. The summed E-state index contributed by atoms with van der Waals surface area (Å²) in [4.78, 5) is 2.64. The van der Waals surface area contributed by atoms with Gasteiger partial charge in [-0.15, -0.1) is 0 Å². The van der Waals surface area contributed by atoms with E-state index < -0.39 is 0 Å². The molecule has 1 aliphatic heterocycles. The summed E-state index contributed by atoms with van der Waals surface area (Å²) in [5.41, 5.74) is 2.97. The molecule has 1 heteroatoms. The van der Waals surface area contributed by atoms with Crippen LogP contribution in [0.15, 0.2) is 24.3 Å². The molecule has 1 saturated heterocycles. The van der Waals surface area contributed by atoms with E-state index in [9.17, 15) is 0 Å². The van der Waals surface area contributed by atoms with Gasteiger partial charge in [-0.05, 0) is 50.4 Å². The van der Waals surface area contributed by atoms with Crippen LogP contribution >= 0.6 is 0 Å². The molecule has 0 bridgehead atoms. The Labute approximate surface area is 93.1 Å². The summed E-state index contributed by atoms with van der Waals surface area (Å²) in [5.74, 6) is 0. The Morgan fingerprint density at radius 3 is 2.47 bits per heavy atom. The van der Waals surface area contributed by atoms with Crippen LogP contribution < -0.4 is 0 Å². The number of nitrogens with zero attached hydrogens (tertiary/aromatic N) is 1. The third kappa shape index (κ3) is 2.23. The Bertz CT molecular complexity index is 313. The number of rotatable bonds is 3. The minimum absolute atomic E-state index is 0.647. The maximum atomic E-state index is 2.64. The highest BCUT2D eigenvalue weighted by Gasteiger charge is 2.22. The van der Waals surface area contributed by atoms with Crippen LogP contribution in [0.25, 0.3) is 0 Å². The third-order valence-corrected chi connectivity index (χ3v) is 3.52. The van der Waals surface area contributed by atoms with Gasteiger partial charge in [0, 0.05) is 6.04 Å². The molecule has 1 aromatic rings. The Morgan fingerprint density at radius 1 is 1.20 bits per heavy atom. The van der Waals surface area contributed by atoms with Crippen LogP contribution in [-0.2, 0) is 0 Å². The predicted octanol–water partition coefficient (Wildman–Crippen LogP) is 3.54. The zero-order chi connectivity index (χ0) is 10.7. The number of benzene rings is 1. The van der Waals surface area contributed by atoms with Crippen LogP contribution in [0.4, 0.5) is 0 Å². The quantitative estimate of drug-likeness (QED) is 0.726. The van der Waals surface area contributed by atoms with Crippen molar-refractivity contribution < 1.29 is 0 Å². The second kappa shape index (κ2) is 4.80. The average molecular weight is 203 g/mol. The highest BCUT2D eigenvalue weighted by molar-refractivity contribution is 5.28. The molecule has 1 atom stereocenters. The average Bonchev–Trinajstić information content (AvgIpc) is 2.75. The lowest BCUT2D eigenvalue weighted by Crippen LogP contribution is -2.25. The molecule has 1 aromatic carbocycles. The standard InChI is InChI=1S/C14H21N/c1-3-14(15-10-6-7-11-15)13-9-5-4-8-12(13)2/h4-5,8-9,14H,3,6-7,10-11H2,1-2H3. The molecule has 82 valence electrons. The van der Waals surface area contributed by atoms with E-state index in [4.69, 9.17) is 0 Å². The van der Waals surface area contributed by atoms with Gasteiger partial charge in [0.05, 0.1) is 0 Å². The summed E-state index contributed by atoms with van der Waals surface area (Å²) >= 11 is 0. The second-order valence-electron chi connectivity index (χ2n) is 4.52. The smallest absolute Gasteiger partial charge is 0.0348 e. The topological polar surface area (TPSA) is 3.24 Å². The molecule has 0 amide bonds. The normalized spacial score (nSPS) is 19.3. The first-order chi connectivity index (χ1) is 7.33. The van der Waals surface area contributed by atoms with E-state index in [1.807, 2.05) is 0 Å². The zero-order valence-corrected chi connectivity index (χ0v) is 9.87. The second-order valence-corrected chi connectivity index (χ2v) is 4.52. The number of likely N-dealkylation sites (tertiary alicyclic amines) is 1. The van der Waals surface area contributed by atoms with Crippen LogP contribution in [0.1, 0.15) is 43.4 Å². The van der Waals surface area contributed by atoms with Gasteiger partial charge in [0.2, 0.25) is 0 Å². The molecule has 1 heterocycles. The molecule has 0 spiro atoms. The molecule has 1 aliphatic rings. The van der Waals surface area contributed by atoms with Crippen LogP contribution in [-0.4, -0.2) is 18.0 Å². The minimum atomic E-state index is 0.647. The van der Waals surface area contributed by atoms with Gasteiger partial charge in [-0.1, -0.05) is 31.2 Å². The van der Waals surface area contributed by atoms with Crippen molar-refractivity contribution in [2.75, 3.05) is 13.1 Å². The Balaban J connectivity index is 2.22. The van der Waals surface area contributed by atoms with Gasteiger partial charge in [0.15, 0.2) is 0 Å². The fourth-order valence-corrected chi connectivity index (χ4v) is 2.69.